The summed E-state index contributed by atoms with van der Waals surface area (Å²) in [5.74, 6) is -2.49. The Hall–Kier alpha value is -5.46. The summed E-state index contributed by atoms with van der Waals surface area (Å²) in [6.45, 7) is 1.08. The van der Waals surface area contributed by atoms with Gasteiger partial charge in [-0.25, -0.2) is 14.0 Å². The van der Waals surface area contributed by atoms with E-state index >= 15 is 0 Å². The number of ether oxygens (including phenoxy) is 2. The fourth-order valence-electron chi connectivity index (χ4n) is 4.08. The second kappa shape index (κ2) is 13.1. The van der Waals surface area contributed by atoms with E-state index in [0.29, 0.717) is 22.6 Å². The number of hydrogen-bond donors (Lipinski definition) is 5. The maximum atomic E-state index is 14.6. The first-order valence-corrected chi connectivity index (χ1v) is 12.0. The molecule has 1 aromatic heterocycles. The molecule has 1 heterocycles. The molecule has 12 nitrogen and oxygen atoms in total. The van der Waals surface area contributed by atoms with Gasteiger partial charge in [-0.3, -0.25) is 15.2 Å². The van der Waals surface area contributed by atoms with E-state index < -0.39 is 29.4 Å². The zero-order valence-corrected chi connectivity index (χ0v) is 22.3. The van der Waals surface area contributed by atoms with Crippen molar-refractivity contribution in [2.24, 2.45) is 5.73 Å². The zero-order chi connectivity index (χ0) is 30.3. The van der Waals surface area contributed by atoms with Gasteiger partial charge in [0.25, 0.3) is 5.97 Å². The molecule has 41 heavy (non-hydrogen) atoms. The highest BCUT2D eigenvalue weighted by atomic mass is 19.1. The predicted molar refractivity (Wildman–Crippen MR) is 147 cm³/mol. The molecule has 6 N–H and O–H groups in total. The van der Waals surface area contributed by atoms with E-state index in [4.69, 9.17) is 30.5 Å². The number of aromatic carboxylic acids is 1. The largest absolute Gasteiger partial charge is 0.493 e. The van der Waals surface area contributed by atoms with E-state index in [0.717, 1.165) is 11.6 Å². The lowest BCUT2D eigenvalue weighted by molar-refractivity contribution is -0.134. The van der Waals surface area contributed by atoms with Crippen molar-refractivity contribution in [1.29, 1.82) is 5.41 Å². The zero-order valence-electron chi connectivity index (χ0n) is 22.3. The minimum Gasteiger partial charge on any atom is -0.493 e. The summed E-state index contributed by atoms with van der Waals surface area (Å²) in [5, 5.41) is 28.9. The van der Waals surface area contributed by atoms with Crippen molar-refractivity contribution in [2.75, 3.05) is 14.2 Å². The van der Waals surface area contributed by atoms with Crippen molar-refractivity contribution in [1.82, 2.24) is 14.8 Å². The number of methoxy groups -OCH3 is 2. The molecular weight excluding hydrogens is 537 g/mol. The minimum atomic E-state index is -1.20. The molecule has 0 bridgehead atoms. The monoisotopic (exact) mass is 565 g/mol. The molecule has 0 saturated heterocycles. The van der Waals surface area contributed by atoms with E-state index in [1.54, 1.807) is 36.4 Å². The van der Waals surface area contributed by atoms with Crippen LogP contribution in [0.1, 0.15) is 45.7 Å². The molecule has 214 valence electrons. The fraction of sp³-hybridized carbons (Fsp3) is 0.179. The quantitative estimate of drug-likeness (QED) is 0.150. The number of nitrogens with zero attached hydrogens (tertiary/aromatic N) is 2. The van der Waals surface area contributed by atoms with Crippen molar-refractivity contribution >= 4 is 17.8 Å². The Morgan fingerprint density at radius 3 is 2.29 bits per heavy atom. The molecular formula is C28H28FN5O7. The number of nitrogens with two attached hydrogens (primary N) is 1. The van der Waals surface area contributed by atoms with Crippen molar-refractivity contribution in [3.05, 3.63) is 105 Å². The van der Waals surface area contributed by atoms with Crippen molar-refractivity contribution in [3.63, 3.8) is 0 Å². The summed E-state index contributed by atoms with van der Waals surface area (Å²) in [5.41, 5.74) is 6.04. The van der Waals surface area contributed by atoms with Gasteiger partial charge in [-0.2, -0.15) is 4.68 Å². The number of nitrogen functional groups attached to an aromatic ring is 1. The molecule has 0 aliphatic heterocycles. The number of carboxylic acids is 2. The molecule has 1 unspecified atom stereocenters. The smallest absolute Gasteiger partial charge is 0.348 e. The number of carboxylic acid groups (broad SMARTS) is 2. The van der Waals surface area contributed by atoms with Gasteiger partial charge in [0.15, 0.2) is 11.5 Å². The number of halogens is 1. The summed E-state index contributed by atoms with van der Waals surface area (Å²) in [7, 11) is 3.00. The minimum absolute atomic E-state index is 0.0191. The van der Waals surface area contributed by atoms with Crippen LogP contribution in [0.25, 0.3) is 5.69 Å². The Balaban J connectivity index is 0.00000108. The van der Waals surface area contributed by atoms with Gasteiger partial charge in [0.05, 0.1) is 31.0 Å². The molecule has 13 heteroatoms. The van der Waals surface area contributed by atoms with Gasteiger partial charge in [-0.05, 0) is 53.9 Å². The van der Waals surface area contributed by atoms with Gasteiger partial charge in [0.1, 0.15) is 17.5 Å². The molecule has 0 aliphatic carbocycles. The second-order valence-electron chi connectivity index (χ2n) is 8.67. The number of para-hydroxylation sites is 1. The van der Waals surface area contributed by atoms with Crippen LogP contribution in [0.2, 0.25) is 0 Å². The van der Waals surface area contributed by atoms with Crippen molar-refractivity contribution < 1.29 is 33.7 Å². The Morgan fingerprint density at radius 1 is 1.05 bits per heavy atom. The van der Waals surface area contributed by atoms with Gasteiger partial charge in [-0.15, -0.1) is 5.10 Å². The summed E-state index contributed by atoms with van der Waals surface area (Å²) in [6.07, 6.45) is 0.206. The van der Waals surface area contributed by atoms with Gasteiger partial charge in [-0.1, -0.05) is 24.3 Å². The number of carbonyl (C=O) groups is 2. The second-order valence-corrected chi connectivity index (χ2v) is 8.67. The van der Waals surface area contributed by atoms with E-state index in [-0.39, 0.29) is 34.9 Å². The van der Waals surface area contributed by atoms with Crippen LogP contribution in [0, 0.1) is 11.2 Å². The Morgan fingerprint density at radius 2 is 1.71 bits per heavy atom. The first-order valence-electron chi connectivity index (χ1n) is 12.0. The summed E-state index contributed by atoms with van der Waals surface area (Å²) < 4.78 is 26.3. The maximum Gasteiger partial charge on any atom is 0.348 e. The molecule has 3 aromatic carbocycles. The Labute approximate surface area is 233 Å². The van der Waals surface area contributed by atoms with E-state index in [2.05, 4.69) is 10.1 Å². The number of benzene rings is 3. The van der Waals surface area contributed by atoms with Crippen LogP contribution in [0.3, 0.4) is 0 Å². The van der Waals surface area contributed by atoms with Gasteiger partial charge < -0.3 is 25.4 Å². The molecule has 0 aliphatic rings. The Kier molecular flexibility index (Phi) is 9.59. The van der Waals surface area contributed by atoms with E-state index in [1.807, 2.05) is 0 Å². The average Bonchev–Trinajstić information content (AvgIpc) is 3.31. The maximum absolute atomic E-state index is 14.6. The summed E-state index contributed by atoms with van der Waals surface area (Å²) in [4.78, 5) is 36.3. The number of amidine groups is 1. The number of hydrogen-bond acceptors (Lipinski definition) is 7. The van der Waals surface area contributed by atoms with Crippen LogP contribution in [0.4, 0.5) is 4.39 Å². The Bertz CT molecular complexity index is 1640. The highest BCUT2D eigenvalue weighted by Crippen LogP contribution is 2.34. The SMILES string of the molecule is CC(=O)O.COc1ccc(C(Cc2ccc(C(=N)N)c(F)c2)c2nn(-c3ccccc3C(=O)O)c(=O)[nH]2)cc1OC. The third kappa shape index (κ3) is 7.15. The van der Waals surface area contributed by atoms with Crippen LogP contribution in [-0.4, -0.2) is 57.0 Å². The topological polar surface area (TPSA) is 194 Å². The third-order valence-electron chi connectivity index (χ3n) is 5.90. The van der Waals surface area contributed by atoms with Crippen LogP contribution in [0.15, 0.2) is 65.5 Å². The van der Waals surface area contributed by atoms with Crippen molar-refractivity contribution in [3.8, 4) is 17.2 Å². The highest BCUT2D eigenvalue weighted by Gasteiger charge is 2.24. The van der Waals surface area contributed by atoms with E-state index in [1.165, 1.54) is 38.5 Å². The van der Waals surface area contributed by atoms with Gasteiger partial charge in [0, 0.05) is 12.8 Å². The normalized spacial score (nSPS) is 11.1. The van der Waals surface area contributed by atoms with Crippen LogP contribution >= 0.6 is 0 Å². The first kappa shape index (κ1) is 30.1. The lowest BCUT2D eigenvalue weighted by atomic mass is 9.90. The standard InChI is InChI=1S/C26H24FN5O5.C2H4O2/c1-36-21-10-8-15(13-22(21)37-2)18(11-14-7-9-16(23(28)29)19(27)12-14)24-30-26(35)32(31-24)20-6-4-3-5-17(20)25(33)34;1-2(3)4/h3-10,12-13,18H,11H2,1-2H3,(H3,28,29)(H,33,34)(H,30,31,35);1H3,(H,3,4). The molecule has 4 aromatic rings. The lowest BCUT2D eigenvalue weighted by Gasteiger charge is -2.18. The molecule has 0 fully saturated rings. The number of rotatable bonds is 9. The first-order chi connectivity index (χ1) is 19.5. The number of nitrogens with one attached hydrogen (secondary N) is 2. The van der Waals surface area contributed by atoms with Crippen LogP contribution in [0.5, 0.6) is 11.5 Å². The van der Waals surface area contributed by atoms with Gasteiger partial charge in [0.2, 0.25) is 0 Å². The molecule has 0 radical (unpaired) electrons. The van der Waals surface area contributed by atoms with E-state index in [9.17, 15) is 19.1 Å². The predicted octanol–water partition coefficient (Wildman–Crippen LogP) is 3.16. The molecule has 0 saturated carbocycles. The number of H-pyrrole nitrogens is 1. The number of aliphatic carboxylic acids is 1. The third-order valence-corrected chi connectivity index (χ3v) is 5.90. The molecule has 4 rings (SSSR count). The van der Waals surface area contributed by atoms with Gasteiger partial charge >= 0.3 is 11.7 Å². The number of aromatic amines is 1. The van der Waals surface area contributed by atoms with Crippen molar-refractivity contribution in [2.45, 2.75) is 19.3 Å². The lowest BCUT2D eigenvalue weighted by Crippen LogP contribution is -2.18. The fourth-order valence-corrected chi connectivity index (χ4v) is 4.08. The average molecular weight is 566 g/mol. The molecule has 0 spiro atoms. The molecule has 0 amide bonds. The number of aromatic nitrogens is 3. The van der Waals surface area contributed by atoms with Crippen LogP contribution in [-0.2, 0) is 11.2 Å². The summed E-state index contributed by atoms with van der Waals surface area (Å²) >= 11 is 0. The highest BCUT2D eigenvalue weighted by molar-refractivity contribution is 5.95. The summed E-state index contributed by atoms with van der Waals surface area (Å²) in [6, 6.07) is 15.6. The van der Waals surface area contributed by atoms with Crippen LogP contribution < -0.4 is 20.9 Å². The molecule has 1 atom stereocenters.